The number of hydrogen-bond donors (Lipinski definition) is 4. The largest absolute Gasteiger partial charge is 0.453 e. The molecule has 4 amide bonds. The van der Waals surface area contributed by atoms with E-state index in [1.165, 1.54) is 14.2 Å². The van der Waals surface area contributed by atoms with Crippen LogP contribution < -0.4 is 10.6 Å². The highest BCUT2D eigenvalue weighted by atomic mass is 16.7. The first-order valence-electron chi connectivity index (χ1n) is 21.9. The van der Waals surface area contributed by atoms with Crippen LogP contribution in [-0.2, 0) is 28.5 Å². The van der Waals surface area contributed by atoms with Crippen LogP contribution in [0, 0.1) is 5.92 Å². The Balaban J connectivity index is 0.890. The summed E-state index contributed by atoms with van der Waals surface area (Å²) in [5, 5.41) is 7.56. The van der Waals surface area contributed by atoms with Crippen molar-refractivity contribution in [2.45, 2.75) is 63.1 Å². The van der Waals surface area contributed by atoms with E-state index in [1.807, 2.05) is 62.5 Å². The first-order chi connectivity index (χ1) is 31.5. The molecule has 6 aromatic rings. The smallest absolute Gasteiger partial charge is 0.407 e. The van der Waals surface area contributed by atoms with Crippen LogP contribution in [0.5, 0.6) is 0 Å². The number of amides is 4. The summed E-state index contributed by atoms with van der Waals surface area (Å²) in [5.41, 5.74) is 6.34. The number of rotatable bonds is 11. The summed E-state index contributed by atoms with van der Waals surface area (Å²) in [5.74, 6) is -0.308. The van der Waals surface area contributed by atoms with Crippen molar-refractivity contribution in [3.63, 3.8) is 0 Å². The van der Waals surface area contributed by atoms with Gasteiger partial charge in [-0.05, 0) is 63.9 Å². The Bertz CT molecular complexity index is 2690. The van der Waals surface area contributed by atoms with Crippen LogP contribution in [0.15, 0.2) is 103 Å². The van der Waals surface area contributed by atoms with Gasteiger partial charge in [0.05, 0.1) is 69.8 Å². The number of aromatic amines is 2. The quantitative estimate of drug-likeness (QED) is 0.102. The Labute approximate surface area is 376 Å². The molecule has 0 radical (unpaired) electrons. The number of alkyl carbamates (subject to hydrolysis) is 2. The second-order valence-electron chi connectivity index (χ2n) is 17.0. The van der Waals surface area contributed by atoms with Crippen LogP contribution in [0.1, 0.15) is 68.4 Å². The summed E-state index contributed by atoms with van der Waals surface area (Å²) in [4.78, 5) is 72.3. The lowest BCUT2D eigenvalue weighted by Gasteiger charge is -2.30. The van der Waals surface area contributed by atoms with E-state index in [2.05, 4.69) is 69.1 Å². The van der Waals surface area contributed by atoms with Gasteiger partial charge in [-0.25, -0.2) is 19.6 Å². The number of H-pyrrole nitrogens is 2. The van der Waals surface area contributed by atoms with E-state index >= 15 is 0 Å². The molecule has 3 aliphatic heterocycles. The van der Waals surface area contributed by atoms with Crippen molar-refractivity contribution in [2.24, 2.45) is 5.92 Å². The van der Waals surface area contributed by atoms with Crippen molar-refractivity contribution in [1.29, 1.82) is 0 Å². The molecular weight excluding hydrogens is 829 g/mol. The summed E-state index contributed by atoms with van der Waals surface area (Å²) >= 11 is 0. The number of nitrogens with one attached hydrogen (secondary N) is 4. The molecule has 4 N–H and O–H groups in total. The lowest BCUT2D eigenvalue weighted by Crippen LogP contribution is -2.52. The predicted octanol–water partition coefficient (Wildman–Crippen LogP) is 7.44. The highest BCUT2D eigenvalue weighted by Crippen LogP contribution is 2.43. The number of ether oxygens (including phenoxy) is 4. The monoisotopic (exact) mass is 880 g/mol. The van der Waals surface area contributed by atoms with Gasteiger partial charge < -0.3 is 49.3 Å². The maximum absolute atomic E-state index is 14.0. The van der Waals surface area contributed by atoms with E-state index in [9.17, 15) is 19.2 Å². The van der Waals surface area contributed by atoms with Gasteiger partial charge in [-0.3, -0.25) is 9.59 Å². The second-order valence-corrected chi connectivity index (χ2v) is 17.0. The van der Waals surface area contributed by atoms with E-state index in [0.29, 0.717) is 43.4 Å². The molecule has 0 aliphatic carbocycles. The molecule has 0 bridgehead atoms. The summed E-state index contributed by atoms with van der Waals surface area (Å²) < 4.78 is 21.7. The van der Waals surface area contributed by atoms with E-state index in [-0.39, 0.29) is 30.3 Å². The van der Waals surface area contributed by atoms with Gasteiger partial charge in [-0.15, -0.1) is 0 Å². The number of benzene rings is 4. The van der Waals surface area contributed by atoms with Crippen LogP contribution >= 0.6 is 0 Å². The Kier molecular flexibility index (Phi) is 12.1. The maximum Gasteiger partial charge on any atom is 0.407 e. The zero-order valence-electron chi connectivity index (χ0n) is 36.7. The van der Waals surface area contributed by atoms with Gasteiger partial charge in [0.25, 0.3) is 5.91 Å². The third-order valence-corrected chi connectivity index (χ3v) is 12.6. The van der Waals surface area contributed by atoms with Crippen LogP contribution in [0.2, 0.25) is 0 Å². The van der Waals surface area contributed by atoms with Crippen LogP contribution in [0.4, 0.5) is 9.59 Å². The minimum absolute atomic E-state index is 0.194. The molecular formula is C49H52N8O8. The molecule has 3 aliphatic rings. The molecule has 3 fully saturated rings. The molecule has 9 rings (SSSR count). The van der Waals surface area contributed by atoms with Crippen LogP contribution in [0.3, 0.4) is 0 Å². The molecule has 16 heteroatoms. The van der Waals surface area contributed by atoms with E-state index < -0.39 is 36.1 Å². The molecule has 4 atom stereocenters. The highest BCUT2D eigenvalue weighted by molar-refractivity contribution is 5.91. The maximum atomic E-state index is 14.0. The van der Waals surface area contributed by atoms with Crippen molar-refractivity contribution >= 4 is 34.8 Å². The highest BCUT2D eigenvalue weighted by Gasteiger charge is 2.53. The van der Waals surface area contributed by atoms with E-state index in [1.54, 1.807) is 16.0 Å². The minimum Gasteiger partial charge on any atom is -0.453 e. The van der Waals surface area contributed by atoms with Gasteiger partial charge in [0.15, 0.2) is 5.79 Å². The number of likely N-dealkylation sites (tertiary alicyclic amines) is 2. The van der Waals surface area contributed by atoms with Crippen LogP contribution in [-0.4, -0.2) is 106 Å². The molecule has 0 unspecified atom stereocenters. The fourth-order valence-electron chi connectivity index (χ4n) is 9.23. The Hall–Kier alpha value is -7.04. The van der Waals surface area contributed by atoms with Crippen molar-refractivity contribution in [1.82, 2.24) is 40.4 Å². The number of aromatic nitrogens is 4. The van der Waals surface area contributed by atoms with Crippen molar-refractivity contribution in [2.75, 3.05) is 40.5 Å². The summed E-state index contributed by atoms with van der Waals surface area (Å²) in [6, 6.07) is 27.7. The zero-order valence-corrected chi connectivity index (χ0v) is 36.7. The normalized spacial score (nSPS) is 18.8. The first kappa shape index (κ1) is 43.2. The SMILES string of the molecule is COC(=O)N[C@H](C(=O)N1CC2(C[C@H]1c1ncc(-c3ccc(-c4ccc5cc(-c6cnc([C@@H]7CCCN7C(=O)[C@H](NC(=O)OC)c7ccccc7)[nH]6)ccc5c4)cc3)[nH]1)OCCO2)C(C)C. The molecule has 65 heavy (non-hydrogen) atoms. The van der Waals surface area contributed by atoms with E-state index in [4.69, 9.17) is 28.9 Å². The molecule has 16 nitrogen and oxygen atoms in total. The number of methoxy groups -OCH3 is 2. The topological polar surface area (TPSA) is 193 Å². The fourth-order valence-corrected chi connectivity index (χ4v) is 9.23. The second kappa shape index (κ2) is 18.2. The predicted molar refractivity (Wildman–Crippen MR) is 241 cm³/mol. The molecule has 336 valence electrons. The van der Waals surface area contributed by atoms with Crippen molar-refractivity contribution < 1.29 is 38.1 Å². The third kappa shape index (κ3) is 8.78. The molecule has 3 saturated heterocycles. The summed E-state index contributed by atoms with van der Waals surface area (Å²) in [6.07, 6.45) is 4.19. The fraction of sp³-hybridized carbons (Fsp3) is 0.347. The molecule has 2 aromatic heterocycles. The van der Waals surface area contributed by atoms with Gasteiger partial charge in [-0.1, -0.05) is 92.7 Å². The Morgan fingerprint density at radius 3 is 1.95 bits per heavy atom. The van der Waals surface area contributed by atoms with Gasteiger partial charge >= 0.3 is 12.2 Å². The number of carbonyl (C=O) groups excluding carboxylic acids is 4. The Morgan fingerprint density at radius 1 is 0.708 bits per heavy atom. The number of nitrogens with zero attached hydrogens (tertiary/aromatic N) is 4. The zero-order chi connectivity index (χ0) is 45.2. The third-order valence-electron chi connectivity index (χ3n) is 12.6. The summed E-state index contributed by atoms with van der Waals surface area (Å²) in [7, 11) is 2.55. The summed E-state index contributed by atoms with van der Waals surface area (Å²) in [6.45, 7) is 5.38. The van der Waals surface area contributed by atoms with Crippen molar-refractivity contribution in [3.8, 4) is 33.6 Å². The van der Waals surface area contributed by atoms with Gasteiger partial charge in [0, 0.05) is 18.5 Å². The van der Waals surface area contributed by atoms with E-state index in [0.717, 1.165) is 57.3 Å². The lowest BCUT2D eigenvalue weighted by atomic mass is 9.98. The Morgan fingerprint density at radius 2 is 1.29 bits per heavy atom. The molecule has 5 heterocycles. The molecule has 1 spiro atoms. The average Bonchev–Trinajstić information content (AvgIpc) is 4.21. The minimum atomic E-state index is -0.937. The van der Waals surface area contributed by atoms with Gasteiger partial charge in [-0.2, -0.15) is 0 Å². The van der Waals surface area contributed by atoms with Gasteiger partial charge in [0.2, 0.25) is 5.91 Å². The number of imidazole rings is 2. The lowest BCUT2D eigenvalue weighted by molar-refractivity contribution is -0.153. The van der Waals surface area contributed by atoms with Gasteiger partial charge in [0.1, 0.15) is 23.7 Å². The first-order valence-corrected chi connectivity index (χ1v) is 21.9. The molecule has 0 saturated carbocycles. The number of fused-ring (bicyclic) bond motifs is 1. The molecule has 4 aromatic carbocycles. The standard InChI is InChI=1S/C49H52N8O8/c1-29(2)41(54-47(60)62-3)45(58)57-28-49(64-21-22-65-49)25-40(57)44-51-26-37(52-44)31-14-12-30(13-15-31)33-16-17-35-24-36(19-18-34(35)23-33)38-27-50-43(53-38)39-11-8-20-56(39)46(59)42(55-48(61)63-4)32-9-6-5-7-10-32/h5-7,9-10,12-19,23-24,26-27,29,39-42H,8,11,20-22,25,28H2,1-4H3,(H,50,53)(H,51,52)(H,54,60)(H,55,61)/t39-,40-,41-,42+/m0/s1. The average molecular weight is 881 g/mol. The van der Waals surface area contributed by atoms with Crippen molar-refractivity contribution in [3.05, 3.63) is 121 Å². The number of hydrogen-bond acceptors (Lipinski definition) is 10. The van der Waals surface area contributed by atoms with Crippen LogP contribution in [0.25, 0.3) is 44.4 Å². The number of carbonyl (C=O) groups is 4.